The van der Waals surface area contributed by atoms with Gasteiger partial charge in [-0.2, -0.15) is 0 Å². The third-order valence-corrected chi connectivity index (χ3v) is 3.68. The van der Waals surface area contributed by atoms with Gasteiger partial charge in [0.1, 0.15) is 12.4 Å². The van der Waals surface area contributed by atoms with Crippen LogP contribution in [0.15, 0.2) is 24.3 Å². The summed E-state index contributed by atoms with van der Waals surface area (Å²) in [4.78, 5) is 25.5. The first-order valence-electron chi connectivity index (χ1n) is 7.29. The molecule has 21 heavy (non-hydrogen) atoms. The average Bonchev–Trinajstić information content (AvgIpc) is 2.38. The van der Waals surface area contributed by atoms with Crippen molar-refractivity contribution in [3.05, 3.63) is 35.6 Å². The number of benzene rings is 1. The Morgan fingerprint density at radius 2 is 1.95 bits per heavy atom. The Balaban J connectivity index is 2.04. The second-order valence-electron chi connectivity index (χ2n) is 5.25. The van der Waals surface area contributed by atoms with Gasteiger partial charge in [0.2, 0.25) is 5.91 Å². The number of carbonyl (C=O) groups excluding carboxylic acids is 2. The van der Waals surface area contributed by atoms with Gasteiger partial charge in [0.25, 0.3) is 0 Å². The van der Waals surface area contributed by atoms with Gasteiger partial charge in [0, 0.05) is 12.5 Å². The molecule has 0 bridgehead atoms. The van der Waals surface area contributed by atoms with Crippen LogP contribution in [0.2, 0.25) is 0 Å². The van der Waals surface area contributed by atoms with Crippen molar-refractivity contribution in [1.82, 2.24) is 4.90 Å². The summed E-state index contributed by atoms with van der Waals surface area (Å²) in [6, 6.07) is 5.96. The van der Waals surface area contributed by atoms with Gasteiger partial charge >= 0.3 is 5.97 Å². The number of esters is 1. The zero-order valence-corrected chi connectivity index (χ0v) is 12.2. The van der Waals surface area contributed by atoms with Crippen molar-refractivity contribution in [3.63, 3.8) is 0 Å². The Morgan fingerprint density at radius 1 is 1.29 bits per heavy atom. The molecule has 0 aromatic heterocycles. The van der Waals surface area contributed by atoms with E-state index in [1.165, 1.54) is 17.0 Å². The summed E-state index contributed by atoms with van der Waals surface area (Å²) in [7, 11) is 0. The summed E-state index contributed by atoms with van der Waals surface area (Å²) < 4.78 is 17.8. The minimum absolute atomic E-state index is 0.0138. The first-order valence-corrected chi connectivity index (χ1v) is 7.29. The molecule has 4 nitrogen and oxygen atoms in total. The summed E-state index contributed by atoms with van der Waals surface area (Å²) in [5, 5.41) is 0. The molecule has 2 rings (SSSR count). The first kappa shape index (κ1) is 15.5. The fraction of sp³-hybridized carbons (Fsp3) is 0.500. The largest absolute Gasteiger partial charge is 0.465 e. The van der Waals surface area contributed by atoms with E-state index in [0.29, 0.717) is 13.2 Å². The second kappa shape index (κ2) is 7.20. The van der Waals surface area contributed by atoms with E-state index in [2.05, 4.69) is 0 Å². The van der Waals surface area contributed by atoms with Gasteiger partial charge in [-0.25, -0.2) is 4.39 Å². The highest BCUT2D eigenvalue weighted by atomic mass is 19.1. The lowest BCUT2D eigenvalue weighted by Gasteiger charge is -2.31. The number of ether oxygens (including phenoxy) is 1. The van der Waals surface area contributed by atoms with Gasteiger partial charge in [-0.3, -0.25) is 9.59 Å². The number of amides is 1. The molecule has 0 heterocycles. The fourth-order valence-electron chi connectivity index (χ4n) is 2.30. The summed E-state index contributed by atoms with van der Waals surface area (Å²) in [6.45, 7) is 2.27. The molecule has 0 atom stereocenters. The molecule has 0 N–H and O–H groups in total. The van der Waals surface area contributed by atoms with E-state index in [4.69, 9.17) is 4.74 Å². The maximum Gasteiger partial charge on any atom is 0.325 e. The number of hydrogen-bond donors (Lipinski definition) is 0. The quantitative estimate of drug-likeness (QED) is 0.757. The Bertz CT molecular complexity index is 497. The van der Waals surface area contributed by atoms with Crippen molar-refractivity contribution < 1.29 is 18.7 Å². The third kappa shape index (κ3) is 4.28. The summed E-state index contributed by atoms with van der Waals surface area (Å²) in [6.07, 6.45) is 2.81. The van der Waals surface area contributed by atoms with Crippen LogP contribution in [0.4, 0.5) is 4.39 Å². The Labute approximate surface area is 123 Å². The smallest absolute Gasteiger partial charge is 0.325 e. The lowest BCUT2D eigenvalue weighted by molar-refractivity contribution is -0.151. The minimum atomic E-state index is -0.410. The van der Waals surface area contributed by atoms with E-state index in [1.54, 1.807) is 19.1 Å². The Hall–Kier alpha value is -1.91. The number of nitrogens with zero attached hydrogens (tertiary/aromatic N) is 1. The molecule has 1 fully saturated rings. The minimum Gasteiger partial charge on any atom is -0.465 e. The third-order valence-electron chi connectivity index (χ3n) is 3.68. The van der Waals surface area contributed by atoms with Crippen molar-refractivity contribution in [2.24, 2.45) is 5.92 Å². The van der Waals surface area contributed by atoms with Crippen LogP contribution in [-0.4, -0.2) is 29.9 Å². The predicted octanol–water partition coefficient (Wildman–Crippen LogP) is 2.52. The van der Waals surface area contributed by atoms with Crippen LogP contribution in [0.3, 0.4) is 0 Å². The maximum absolute atomic E-state index is 12.9. The van der Waals surface area contributed by atoms with Crippen LogP contribution in [0, 0.1) is 11.7 Å². The van der Waals surface area contributed by atoms with Gasteiger partial charge in [-0.05, 0) is 37.5 Å². The molecule has 1 aliphatic carbocycles. The maximum atomic E-state index is 12.9. The lowest BCUT2D eigenvalue weighted by Crippen LogP contribution is -2.41. The predicted molar refractivity (Wildman–Crippen MR) is 75.8 cm³/mol. The van der Waals surface area contributed by atoms with Gasteiger partial charge in [-0.15, -0.1) is 0 Å². The molecular weight excluding hydrogens is 273 g/mol. The van der Waals surface area contributed by atoms with Gasteiger partial charge in [0.15, 0.2) is 0 Å². The number of carbonyl (C=O) groups is 2. The van der Waals surface area contributed by atoms with Crippen molar-refractivity contribution in [2.45, 2.75) is 32.7 Å². The lowest BCUT2D eigenvalue weighted by atomic mass is 9.84. The molecule has 1 aliphatic rings. The molecule has 1 aromatic carbocycles. The molecular formula is C16H20FNO3. The topological polar surface area (TPSA) is 46.6 Å². The van der Waals surface area contributed by atoms with Crippen LogP contribution in [0.5, 0.6) is 0 Å². The molecule has 1 saturated carbocycles. The fourth-order valence-corrected chi connectivity index (χ4v) is 2.30. The summed E-state index contributed by atoms with van der Waals surface area (Å²) >= 11 is 0. The zero-order chi connectivity index (χ0) is 15.2. The molecule has 1 amide bonds. The van der Waals surface area contributed by atoms with Crippen molar-refractivity contribution in [2.75, 3.05) is 13.2 Å². The van der Waals surface area contributed by atoms with Gasteiger partial charge < -0.3 is 9.64 Å². The molecule has 0 spiro atoms. The van der Waals surface area contributed by atoms with Gasteiger partial charge in [0.05, 0.1) is 6.61 Å². The number of halogens is 1. The summed E-state index contributed by atoms with van der Waals surface area (Å²) in [5.74, 6) is -0.730. The van der Waals surface area contributed by atoms with Crippen molar-refractivity contribution >= 4 is 11.9 Å². The molecule has 1 aromatic rings. The Kier molecular flexibility index (Phi) is 5.31. The van der Waals surface area contributed by atoms with Crippen LogP contribution in [0.25, 0.3) is 0 Å². The standard InChI is InChI=1S/C16H20FNO3/c1-2-21-15(19)11-18(16(20)13-4-3-5-13)10-12-6-8-14(17)9-7-12/h6-9,13H,2-5,10-11H2,1H3. The first-order chi connectivity index (χ1) is 10.1. The summed E-state index contributed by atoms with van der Waals surface area (Å²) in [5.41, 5.74) is 0.799. The van der Waals surface area contributed by atoms with E-state index in [9.17, 15) is 14.0 Å². The highest BCUT2D eigenvalue weighted by Gasteiger charge is 2.30. The Morgan fingerprint density at radius 3 is 2.48 bits per heavy atom. The van der Waals surface area contributed by atoms with E-state index >= 15 is 0 Å². The van der Waals surface area contributed by atoms with Crippen LogP contribution in [-0.2, 0) is 20.9 Å². The molecule has 0 unspecified atom stereocenters. The average molecular weight is 293 g/mol. The molecule has 5 heteroatoms. The normalized spacial score (nSPS) is 14.4. The monoisotopic (exact) mass is 293 g/mol. The van der Waals surface area contributed by atoms with Crippen molar-refractivity contribution in [1.29, 1.82) is 0 Å². The van der Waals surface area contributed by atoms with Gasteiger partial charge in [-0.1, -0.05) is 18.6 Å². The molecule has 0 radical (unpaired) electrons. The zero-order valence-electron chi connectivity index (χ0n) is 12.2. The van der Waals surface area contributed by atoms with Crippen LogP contribution < -0.4 is 0 Å². The highest BCUT2D eigenvalue weighted by Crippen LogP contribution is 2.28. The van der Waals surface area contributed by atoms with E-state index < -0.39 is 5.97 Å². The van der Waals surface area contributed by atoms with Crippen LogP contribution >= 0.6 is 0 Å². The van der Waals surface area contributed by atoms with E-state index in [-0.39, 0.29) is 24.2 Å². The number of rotatable bonds is 6. The SMILES string of the molecule is CCOC(=O)CN(Cc1ccc(F)cc1)C(=O)C1CCC1. The van der Waals surface area contributed by atoms with Crippen LogP contribution in [0.1, 0.15) is 31.7 Å². The van der Waals surface area contributed by atoms with E-state index in [0.717, 1.165) is 24.8 Å². The molecule has 114 valence electrons. The second-order valence-corrected chi connectivity index (χ2v) is 5.25. The highest BCUT2D eigenvalue weighted by molar-refractivity contribution is 5.84. The van der Waals surface area contributed by atoms with E-state index in [1.807, 2.05) is 0 Å². The molecule has 0 aliphatic heterocycles. The number of hydrogen-bond acceptors (Lipinski definition) is 3. The van der Waals surface area contributed by atoms with Crippen molar-refractivity contribution in [3.8, 4) is 0 Å². The molecule has 0 saturated heterocycles.